The van der Waals surface area contributed by atoms with E-state index in [0.717, 1.165) is 5.56 Å². The van der Waals surface area contributed by atoms with E-state index < -0.39 is 0 Å². The summed E-state index contributed by atoms with van der Waals surface area (Å²) in [5, 5.41) is 6.88. The number of methoxy groups -OCH3 is 1. The van der Waals surface area contributed by atoms with E-state index >= 15 is 0 Å². The van der Waals surface area contributed by atoms with Crippen molar-refractivity contribution in [2.45, 2.75) is 20.4 Å². The maximum atomic E-state index is 12.5. The van der Waals surface area contributed by atoms with Crippen molar-refractivity contribution in [3.05, 3.63) is 72.1 Å². The van der Waals surface area contributed by atoms with Crippen LogP contribution in [0.1, 0.15) is 29.9 Å². The maximum absolute atomic E-state index is 12.5. The third kappa shape index (κ3) is 6.22. The Kier molecular flexibility index (Phi) is 8.24. The molecule has 0 atom stereocenters. The standard InChI is InChI=1S/C25H27N3O5/c1-4-28-20(14-15-26-28)21(29)12-10-18-11-13-23(24(16-18)32-5-2)33-17-25(30)27-19-8-6-7-9-22(19)31-3/h6-16H,4-5,17H2,1-3H3,(H,27,30)/b12-10+. The van der Waals surface area contributed by atoms with Crippen LogP contribution >= 0.6 is 0 Å². The first kappa shape index (κ1) is 23.6. The number of carbonyl (C=O) groups is 2. The Labute approximate surface area is 192 Å². The maximum Gasteiger partial charge on any atom is 0.262 e. The average Bonchev–Trinajstić information content (AvgIpc) is 3.31. The minimum atomic E-state index is -0.330. The molecule has 0 saturated carbocycles. The number of hydrogen-bond donors (Lipinski definition) is 1. The first-order valence-corrected chi connectivity index (χ1v) is 10.6. The Morgan fingerprint density at radius 3 is 2.61 bits per heavy atom. The zero-order valence-electron chi connectivity index (χ0n) is 18.9. The van der Waals surface area contributed by atoms with Crippen molar-refractivity contribution in [2.75, 3.05) is 25.6 Å². The van der Waals surface area contributed by atoms with Crippen LogP contribution in [0.25, 0.3) is 6.08 Å². The number of para-hydroxylation sites is 2. The van der Waals surface area contributed by atoms with Crippen LogP contribution in [0.3, 0.4) is 0 Å². The summed E-state index contributed by atoms with van der Waals surface area (Å²) in [5.41, 5.74) is 1.85. The molecule has 8 nitrogen and oxygen atoms in total. The van der Waals surface area contributed by atoms with E-state index in [1.54, 1.807) is 59.4 Å². The van der Waals surface area contributed by atoms with Crippen LogP contribution in [0, 0.1) is 0 Å². The number of nitrogens with one attached hydrogen (secondary N) is 1. The van der Waals surface area contributed by atoms with Crippen molar-refractivity contribution in [3.63, 3.8) is 0 Å². The fourth-order valence-corrected chi connectivity index (χ4v) is 3.14. The van der Waals surface area contributed by atoms with Crippen molar-refractivity contribution >= 4 is 23.5 Å². The number of hydrogen-bond acceptors (Lipinski definition) is 6. The number of ether oxygens (including phenoxy) is 3. The Balaban J connectivity index is 1.67. The lowest BCUT2D eigenvalue weighted by atomic mass is 10.1. The van der Waals surface area contributed by atoms with E-state index in [0.29, 0.717) is 41.8 Å². The fourth-order valence-electron chi connectivity index (χ4n) is 3.14. The van der Waals surface area contributed by atoms with Gasteiger partial charge in [0.2, 0.25) is 5.78 Å². The van der Waals surface area contributed by atoms with Crippen LogP contribution in [-0.4, -0.2) is 41.8 Å². The predicted octanol–water partition coefficient (Wildman–Crippen LogP) is 4.22. The normalized spacial score (nSPS) is 10.8. The van der Waals surface area contributed by atoms with Crippen LogP contribution in [0.4, 0.5) is 5.69 Å². The molecule has 8 heteroatoms. The number of carbonyl (C=O) groups excluding carboxylic acids is 2. The molecule has 0 fully saturated rings. The molecule has 3 rings (SSSR count). The number of amides is 1. The second kappa shape index (κ2) is 11.5. The van der Waals surface area contributed by atoms with Gasteiger partial charge in [-0.05, 0) is 55.8 Å². The smallest absolute Gasteiger partial charge is 0.262 e. The van der Waals surface area contributed by atoms with Crippen LogP contribution < -0.4 is 19.5 Å². The first-order chi connectivity index (χ1) is 16.0. The third-order valence-electron chi connectivity index (χ3n) is 4.70. The Hall–Kier alpha value is -4.07. The van der Waals surface area contributed by atoms with Crippen molar-refractivity contribution in [3.8, 4) is 17.2 Å². The second-order valence-corrected chi connectivity index (χ2v) is 6.91. The number of allylic oxidation sites excluding steroid dienone is 1. The monoisotopic (exact) mass is 449 g/mol. The molecule has 2 aromatic carbocycles. The zero-order valence-corrected chi connectivity index (χ0v) is 18.9. The quantitative estimate of drug-likeness (QED) is 0.348. The molecule has 1 amide bonds. The lowest BCUT2D eigenvalue weighted by Gasteiger charge is -2.13. The molecular formula is C25H27N3O5. The lowest BCUT2D eigenvalue weighted by molar-refractivity contribution is -0.118. The van der Waals surface area contributed by atoms with Gasteiger partial charge in [-0.25, -0.2) is 0 Å². The van der Waals surface area contributed by atoms with E-state index in [-0.39, 0.29) is 18.3 Å². The van der Waals surface area contributed by atoms with Gasteiger partial charge in [-0.3, -0.25) is 14.3 Å². The predicted molar refractivity (Wildman–Crippen MR) is 126 cm³/mol. The number of rotatable bonds is 11. The fraction of sp³-hybridized carbons (Fsp3) is 0.240. The molecule has 0 unspecified atom stereocenters. The lowest BCUT2D eigenvalue weighted by Crippen LogP contribution is -2.20. The molecule has 0 aliphatic heterocycles. The molecule has 0 saturated heterocycles. The summed E-state index contributed by atoms with van der Waals surface area (Å²) in [6, 6.07) is 14.1. The third-order valence-corrected chi connectivity index (χ3v) is 4.70. The van der Waals surface area contributed by atoms with Gasteiger partial charge >= 0.3 is 0 Å². The molecule has 0 spiro atoms. The summed E-state index contributed by atoms with van der Waals surface area (Å²) in [6.07, 6.45) is 4.80. The largest absolute Gasteiger partial charge is 0.495 e. The Morgan fingerprint density at radius 1 is 1.03 bits per heavy atom. The van der Waals surface area contributed by atoms with Crippen LogP contribution in [0.2, 0.25) is 0 Å². The number of aromatic nitrogens is 2. The molecule has 0 bridgehead atoms. The van der Waals surface area contributed by atoms with E-state index in [2.05, 4.69) is 10.4 Å². The minimum absolute atomic E-state index is 0.138. The highest BCUT2D eigenvalue weighted by atomic mass is 16.5. The van der Waals surface area contributed by atoms with Crippen molar-refractivity contribution in [2.24, 2.45) is 0 Å². The summed E-state index contributed by atoms with van der Waals surface area (Å²) < 4.78 is 18.2. The zero-order chi connectivity index (χ0) is 23.6. The van der Waals surface area contributed by atoms with E-state index in [4.69, 9.17) is 14.2 Å². The molecule has 33 heavy (non-hydrogen) atoms. The molecule has 1 N–H and O–H groups in total. The van der Waals surface area contributed by atoms with Gasteiger partial charge in [0.1, 0.15) is 11.4 Å². The van der Waals surface area contributed by atoms with Gasteiger partial charge in [0, 0.05) is 12.7 Å². The minimum Gasteiger partial charge on any atom is -0.495 e. The van der Waals surface area contributed by atoms with Gasteiger partial charge in [-0.15, -0.1) is 0 Å². The van der Waals surface area contributed by atoms with Crippen LogP contribution in [0.5, 0.6) is 17.2 Å². The molecule has 0 radical (unpaired) electrons. The highest BCUT2D eigenvalue weighted by Gasteiger charge is 2.12. The number of nitrogens with zero attached hydrogens (tertiary/aromatic N) is 2. The molecule has 172 valence electrons. The Bertz CT molecular complexity index is 1140. The first-order valence-electron chi connectivity index (χ1n) is 10.6. The molecule has 1 aromatic heterocycles. The summed E-state index contributed by atoms with van der Waals surface area (Å²) in [5.74, 6) is 1.01. The summed E-state index contributed by atoms with van der Waals surface area (Å²) in [4.78, 5) is 24.8. The number of aryl methyl sites for hydroxylation is 1. The van der Waals surface area contributed by atoms with Gasteiger partial charge < -0.3 is 19.5 Å². The number of anilines is 1. The van der Waals surface area contributed by atoms with Gasteiger partial charge in [-0.2, -0.15) is 5.10 Å². The van der Waals surface area contributed by atoms with E-state index in [9.17, 15) is 9.59 Å². The second-order valence-electron chi connectivity index (χ2n) is 6.91. The highest BCUT2D eigenvalue weighted by Crippen LogP contribution is 2.29. The summed E-state index contributed by atoms with van der Waals surface area (Å²) in [6.45, 7) is 4.62. The Morgan fingerprint density at radius 2 is 1.85 bits per heavy atom. The average molecular weight is 450 g/mol. The molecule has 0 aliphatic carbocycles. The van der Waals surface area contributed by atoms with Crippen LogP contribution in [0.15, 0.2) is 60.8 Å². The molecule has 0 aliphatic rings. The SMILES string of the molecule is CCOc1cc(/C=C/C(=O)c2ccnn2CC)ccc1OCC(=O)Nc1ccccc1OC. The molecular weight excluding hydrogens is 422 g/mol. The van der Waals surface area contributed by atoms with Gasteiger partial charge in [0.05, 0.1) is 19.4 Å². The van der Waals surface area contributed by atoms with E-state index in [1.807, 2.05) is 19.9 Å². The van der Waals surface area contributed by atoms with Crippen molar-refractivity contribution in [1.82, 2.24) is 9.78 Å². The number of benzene rings is 2. The van der Waals surface area contributed by atoms with Gasteiger partial charge in [-0.1, -0.05) is 24.3 Å². The van der Waals surface area contributed by atoms with Gasteiger partial charge in [0.25, 0.3) is 5.91 Å². The van der Waals surface area contributed by atoms with Crippen molar-refractivity contribution in [1.29, 1.82) is 0 Å². The number of ketones is 1. The summed E-state index contributed by atoms with van der Waals surface area (Å²) >= 11 is 0. The molecule has 3 aromatic rings. The summed E-state index contributed by atoms with van der Waals surface area (Å²) in [7, 11) is 1.54. The van der Waals surface area contributed by atoms with Gasteiger partial charge in [0.15, 0.2) is 18.1 Å². The van der Waals surface area contributed by atoms with E-state index in [1.165, 1.54) is 13.2 Å². The highest BCUT2D eigenvalue weighted by molar-refractivity contribution is 6.05. The molecule has 1 heterocycles. The topological polar surface area (TPSA) is 91.7 Å². The van der Waals surface area contributed by atoms with Crippen LogP contribution in [-0.2, 0) is 11.3 Å². The van der Waals surface area contributed by atoms with Crippen molar-refractivity contribution < 1.29 is 23.8 Å².